The van der Waals surface area contributed by atoms with Gasteiger partial charge in [0.1, 0.15) is 11.3 Å². The van der Waals surface area contributed by atoms with Gasteiger partial charge in [0.15, 0.2) is 11.5 Å². The van der Waals surface area contributed by atoms with Crippen LogP contribution in [0.2, 0.25) is 0 Å². The van der Waals surface area contributed by atoms with E-state index in [9.17, 15) is 4.39 Å². The molecule has 0 radical (unpaired) electrons. The molecule has 4 aromatic heterocycles. The van der Waals surface area contributed by atoms with E-state index >= 15 is 0 Å². The highest BCUT2D eigenvalue weighted by atomic mass is 19.1. The monoisotopic (exact) mass is 413 g/mol. The largest absolute Gasteiger partial charge is 0.335 e. The predicted molar refractivity (Wildman–Crippen MR) is 117 cm³/mol. The van der Waals surface area contributed by atoms with E-state index in [0.717, 1.165) is 64.8 Å². The summed E-state index contributed by atoms with van der Waals surface area (Å²) in [4.78, 5) is 17.4. The number of aromatic amines is 2. The van der Waals surface area contributed by atoms with Crippen LogP contribution >= 0.6 is 0 Å². The van der Waals surface area contributed by atoms with Crippen LogP contribution in [0.15, 0.2) is 48.8 Å². The molecule has 1 saturated heterocycles. The van der Waals surface area contributed by atoms with E-state index in [2.05, 4.69) is 31.5 Å². The van der Waals surface area contributed by atoms with E-state index in [-0.39, 0.29) is 5.82 Å². The average molecular weight is 413 g/mol. The number of fused-ring (bicyclic) bond motifs is 2. The number of aromatic nitrogens is 6. The summed E-state index contributed by atoms with van der Waals surface area (Å²) in [7, 11) is 0. The summed E-state index contributed by atoms with van der Waals surface area (Å²) in [6.45, 7) is 2.04. The van der Waals surface area contributed by atoms with Gasteiger partial charge < -0.3 is 10.3 Å². The zero-order valence-electron chi connectivity index (χ0n) is 16.7. The van der Waals surface area contributed by atoms with Gasteiger partial charge in [0.05, 0.1) is 22.7 Å². The molecule has 0 atom stereocenters. The molecule has 6 rings (SSSR count). The molecule has 0 unspecified atom stereocenters. The molecule has 0 saturated carbocycles. The lowest BCUT2D eigenvalue weighted by Gasteiger charge is -2.22. The second kappa shape index (κ2) is 7.24. The van der Waals surface area contributed by atoms with Crippen molar-refractivity contribution in [3.63, 3.8) is 0 Å². The minimum atomic E-state index is -0.273. The summed E-state index contributed by atoms with van der Waals surface area (Å²) in [6, 6.07) is 10.5. The van der Waals surface area contributed by atoms with Crippen LogP contribution in [0.4, 0.5) is 4.39 Å². The summed E-state index contributed by atoms with van der Waals surface area (Å²) in [6.07, 6.45) is 5.66. The predicted octanol–water partition coefficient (Wildman–Crippen LogP) is 4.17. The van der Waals surface area contributed by atoms with Crippen LogP contribution in [-0.4, -0.2) is 43.2 Å². The second-order valence-electron chi connectivity index (χ2n) is 7.90. The van der Waals surface area contributed by atoms with Crippen LogP contribution < -0.4 is 5.32 Å². The number of H-pyrrole nitrogens is 2. The quantitative estimate of drug-likeness (QED) is 0.413. The Morgan fingerprint density at radius 1 is 0.871 bits per heavy atom. The molecule has 31 heavy (non-hydrogen) atoms. The Hall–Kier alpha value is -3.65. The maximum Gasteiger partial charge on any atom is 0.161 e. The number of halogens is 1. The number of imidazole rings is 1. The molecule has 0 aliphatic carbocycles. The van der Waals surface area contributed by atoms with E-state index in [0.29, 0.717) is 17.4 Å². The number of pyridine rings is 2. The lowest BCUT2D eigenvalue weighted by molar-refractivity contribution is 0.454. The molecule has 1 aromatic carbocycles. The van der Waals surface area contributed by atoms with Crippen LogP contribution in [0.1, 0.15) is 24.5 Å². The highest BCUT2D eigenvalue weighted by Crippen LogP contribution is 2.32. The molecule has 1 aliphatic heterocycles. The van der Waals surface area contributed by atoms with Crippen molar-refractivity contribution in [2.24, 2.45) is 0 Å². The lowest BCUT2D eigenvalue weighted by Crippen LogP contribution is -2.27. The molecule has 0 amide bonds. The number of piperidine rings is 1. The van der Waals surface area contributed by atoms with Crippen molar-refractivity contribution in [3.8, 4) is 22.6 Å². The molecule has 0 bridgehead atoms. The third kappa shape index (κ3) is 3.16. The highest BCUT2D eigenvalue weighted by molar-refractivity contribution is 5.95. The van der Waals surface area contributed by atoms with E-state index in [1.165, 1.54) is 12.1 Å². The number of nitrogens with zero attached hydrogens (tertiary/aromatic N) is 4. The van der Waals surface area contributed by atoms with Crippen LogP contribution in [-0.2, 0) is 0 Å². The molecule has 1 aliphatic rings. The molecule has 8 heteroatoms. The maximum atomic E-state index is 13.4. The Kier molecular flexibility index (Phi) is 4.24. The second-order valence-corrected chi connectivity index (χ2v) is 7.90. The standard InChI is InChI=1S/C23H20FN7/c24-15-3-1-13(2-4-15)16-11-26-12-19-20(16)29-23(28-19)22-21-18(30-31-22)6-5-17(27-21)14-7-9-25-10-8-14/h1-6,11-12,14,25H,7-10H2,(H,28,29)(H,30,31). The molecule has 5 aromatic rings. The highest BCUT2D eigenvalue weighted by Gasteiger charge is 2.20. The molecule has 7 nitrogen and oxygen atoms in total. The van der Waals surface area contributed by atoms with Crippen LogP contribution in [0.3, 0.4) is 0 Å². The first-order valence-corrected chi connectivity index (χ1v) is 10.4. The summed E-state index contributed by atoms with van der Waals surface area (Å²) in [5.74, 6) is 0.816. The molecular weight excluding hydrogens is 393 g/mol. The number of rotatable bonds is 3. The topological polar surface area (TPSA) is 95.2 Å². The number of hydrogen-bond acceptors (Lipinski definition) is 5. The minimum Gasteiger partial charge on any atom is -0.335 e. The Balaban J connectivity index is 1.46. The molecule has 3 N–H and O–H groups in total. The first-order valence-electron chi connectivity index (χ1n) is 10.4. The van der Waals surface area contributed by atoms with Gasteiger partial charge in [0.2, 0.25) is 0 Å². The number of nitrogens with one attached hydrogen (secondary N) is 3. The number of benzene rings is 1. The van der Waals surface area contributed by atoms with Gasteiger partial charge in [0, 0.05) is 23.4 Å². The zero-order valence-corrected chi connectivity index (χ0v) is 16.7. The van der Waals surface area contributed by atoms with Crippen molar-refractivity contribution in [3.05, 3.63) is 60.3 Å². The fourth-order valence-corrected chi connectivity index (χ4v) is 4.31. The Morgan fingerprint density at radius 3 is 2.55 bits per heavy atom. The Labute approximate surface area is 177 Å². The van der Waals surface area contributed by atoms with Gasteiger partial charge in [-0.1, -0.05) is 12.1 Å². The molecule has 5 heterocycles. The van der Waals surface area contributed by atoms with Gasteiger partial charge in [-0.3, -0.25) is 10.1 Å². The third-order valence-electron chi connectivity index (χ3n) is 5.96. The van der Waals surface area contributed by atoms with Crippen LogP contribution in [0.5, 0.6) is 0 Å². The summed E-state index contributed by atoms with van der Waals surface area (Å²) in [5, 5.41) is 11.0. The van der Waals surface area contributed by atoms with Crippen molar-refractivity contribution in [2.45, 2.75) is 18.8 Å². The third-order valence-corrected chi connectivity index (χ3v) is 5.96. The fourth-order valence-electron chi connectivity index (χ4n) is 4.31. The van der Waals surface area contributed by atoms with Gasteiger partial charge in [-0.15, -0.1) is 0 Å². The van der Waals surface area contributed by atoms with Crippen molar-refractivity contribution in [2.75, 3.05) is 13.1 Å². The average Bonchev–Trinajstić information content (AvgIpc) is 3.43. The van der Waals surface area contributed by atoms with Gasteiger partial charge in [-0.05, 0) is 55.8 Å². The fraction of sp³-hybridized carbons (Fsp3) is 0.217. The van der Waals surface area contributed by atoms with E-state index in [4.69, 9.17) is 9.97 Å². The van der Waals surface area contributed by atoms with Gasteiger partial charge in [-0.25, -0.2) is 14.4 Å². The van der Waals surface area contributed by atoms with E-state index in [1.807, 2.05) is 6.07 Å². The zero-order chi connectivity index (χ0) is 20.8. The van der Waals surface area contributed by atoms with Gasteiger partial charge >= 0.3 is 0 Å². The van der Waals surface area contributed by atoms with E-state index in [1.54, 1.807) is 24.5 Å². The van der Waals surface area contributed by atoms with Crippen molar-refractivity contribution in [1.82, 2.24) is 35.5 Å². The van der Waals surface area contributed by atoms with Gasteiger partial charge in [-0.2, -0.15) is 5.10 Å². The van der Waals surface area contributed by atoms with E-state index < -0.39 is 0 Å². The summed E-state index contributed by atoms with van der Waals surface area (Å²) >= 11 is 0. The van der Waals surface area contributed by atoms with Crippen LogP contribution in [0.25, 0.3) is 44.7 Å². The normalized spacial score (nSPS) is 15.1. The molecular formula is C23H20FN7. The van der Waals surface area contributed by atoms with Crippen LogP contribution in [0, 0.1) is 5.82 Å². The maximum absolute atomic E-state index is 13.4. The molecule has 1 fully saturated rings. The SMILES string of the molecule is Fc1ccc(-c2cncc3[nH]c(-c4n[nH]c5ccc(C6CCNCC6)nc45)nc23)cc1. The number of hydrogen-bond donors (Lipinski definition) is 3. The first-order chi connectivity index (χ1) is 15.3. The Morgan fingerprint density at radius 2 is 1.71 bits per heavy atom. The Bertz CT molecular complexity index is 1380. The van der Waals surface area contributed by atoms with Crippen molar-refractivity contribution in [1.29, 1.82) is 0 Å². The smallest absolute Gasteiger partial charge is 0.161 e. The van der Waals surface area contributed by atoms with Crippen molar-refractivity contribution >= 4 is 22.1 Å². The van der Waals surface area contributed by atoms with Gasteiger partial charge in [0.25, 0.3) is 0 Å². The van der Waals surface area contributed by atoms with Crippen molar-refractivity contribution < 1.29 is 4.39 Å². The minimum absolute atomic E-state index is 0.273. The summed E-state index contributed by atoms with van der Waals surface area (Å²) < 4.78 is 13.4. The summed E-state index contributed by atoms with van der Waals surface area (Å²) in [5.41, 5.74) is 6.73. The lowest BCUT2D eigenvalue weighted by atomic mass is 9.94. The first kappa shape index (κ1) is 18.1. The molecule has 154 valence electrons. The molecule has 0 spiro atoms.